The highest BCUT2D eigenvalue weighted by Crippen LogP contribution is 2.44. The highest BCUT2D eigenvalue weighted by molar-refractivity contribution is 7.80. The van der Waals surface area contributed by atoms with Crippen LogP contribution in [0.25, 0.3) is 5.70 Å². The molecule has 156 valence electrons. The van der Waals surface area contributed by atoms with E-state index in [1.165, 1.54) is 0 Å². The zero-order valence-corrected chi connectivity index (χ0v) is 18.3. The second-order valence-electron chi connectivity index (χ2n) is 7.49. The van der Waals surface area contributed by atoms with Crippen molar-refractivity contribution in [3.05, 3.63) is 76.9 Å². The van der Waals surface area contributed by atoms with Crippen LogP contribution in [-0.4, -0.2) is 23.6 Å². The van der Waals surface area contributed by atoms with Crippen LogP contribution in [-0.2, 0) is 16.0 Å². The Balaban J connectivity index is 1.99. The molecular weight excluding hydrogens is 396 g/mol. The molecule has 1 atom stereocenters. The first-order chi connectivity index (χ1) is 14.4. The Bertz CT molecular complexity index is 1000. The highest BCUT2D eigenvalue weighted by Gasteiger charge is 2.40. The average Bonchev–Trinajstić information content (AvgIpc) is 2.74. The van der Waals surface area contributed by atoms with Gasteiger partial charge < -0.3 is 10.1 Å². The van der Waals surface area contributed by atoms with Crippen LogP contribution in [0.1, 0.15) is 48.7 Å². The number of rotatable bonds is 5. The summed E-state index contributed by atoms with van der Waals surface area (Å²) in [5, 5.41) is 5.97. The van der Waals surface area contributed by atoms with Crippen LogP contribution in [0.2, 0.25) is 0 Å². The Morgan fingerprint density at radius 3 is 2.40 bits per heavy atom. The molecule has 2 aromatic carbocycles. The molecular formula is C24H26N2O3S. The number of benzene rings is 2. The molecule has 0 heterocycles. The Kier molecular flexibility index (Phi) is 6.67. The van der Waals surface area contributed by atoms with Gasteiger partial charge >= 0.3 is 5.97 Å². The number of carbonyl (C=O) groups is 2. The van der Waals surface area contributed by atoms with E-state index >= 15 is 0 Å². The zero-order chi connectivity index (χ0) is 21.7. The van der Waals surface area contributed by atoms with Crippen LogP contribution >= 0.6 is 12.2 Å². The first kappa shape index (κ1) is 21.7. The van der Waals surface area contributed by atoms with Gasteiger partial charge in [-0.2, -0.15) is 0 Å². The lowest BCUT2D eigenvalue weighted by Crippen LogP contribution is -2.42. The molecule has 2 aromatic rings. The summed E-state index contributed by atoms with van der Waals surface area (Å²) < 4.78 is 5.39. The Morgan fingerprint density at radius 2 is 1.73 bits per heavy atom. The first-order valence-corrected chi connectivity index (χ1v) is 10.5. The van der Waals surface area contributed by atoms with Gasteiger partial charge in [0.15, 0.2) is 5.11 Å². The number of hydrogen-bond acceptors (Lipinski definition) is 4. The summed E-state index contributed by atoms with van der Waals surface area (Å²) >= 11 is 5.43. The van der Waals surface area contributed by atoms with Crippen LogP contribution < -0.4 is 10.6 Å². The van der Waals surface area contributed by atoms with Crippen molar-refractivity contribution in [1.82, 2.24) is 10.6 Å². The van der Waals surface area contributed by atoms with Gasteiger partial charge in [-0.05, 0) is 49.7 Å². The number of esters is 1. The van der Waals surface area contributed by atoms with E-state index in [-0.39, 0.29) is 23.6 Å². The largest absolute Gasteiger partial charge is 0.463 e. The third-order valence-corrected chi connectivity index (χ3v) is 5.69. The maximum Gasteiger partial charge on any atom is 0.336 e. The predicted octanol–water partition coefficient (Wildman–Crippen LogP) is 4.24. The van der Waals surface area contributed by atoms with Gasteiger partial charge in [0.05, 0.1) is 17.9 Å². The lowest BCUT2D eigenvalue weighted by atomic mass is 9.69. The summed E-state index contributed by atoms with van der Waals surface area (Å²) in [5.41, 5.74) is 3.25. The third-order valence-electron chi connectivity index (χ3n) is 5.48. The van der Waals surface area contributed by atoms with Crippen LogP contribution in [0.3, 0.4) is 0 Å². The van der Waals surface area contributed by atoms with Gasteiger partial charge in [-0.1, -0.05) is 56.3 Å². The minimum atomic E-state index is -0.415. The monoisotopic (exact) mass is 422 g/mol. The molecule has 2 N–H and O–H groups in total. The van der Waals surface area contributed by atoms with E-state index in [1.807, 2.05) is 24.3 Å². The molecule has 0 aromatic heterocycles. The summed E-state index contributed by atoms with van der Waals surface area (Å²) in [5.74, 6) is -0.676. The maximum atomic E-state index is 13.0. The molecule has 1 amide bonds. The fourth-order valence-corrected chi connectivity index (χ4v) is 3.95. The van der Waals surface area contributed by atoms with Gasteiger partial charge in [0.1, 0.15) is 0 Å². The lowest BCUT2D eigenvalue weighted by Gasteiger charge is -2.37. The molecule has 1 aliphatic carbocycles. The number of nitrogens with one attached hydrogen (secondary N) is 2. The molecule has 0 radical (unpaired) electrons. The van der Waals surface area contributed by atoms with Crippen LogP contribution in [0.5, 0.6) is 0 Å². The van der Waals surface area contributed by atoms with Crippen molar-refractivity contribution >= 4 is 34.9 Å². The molecule has 30 heavy (non-hydrogen) atoms. The minimum absolute atomic E-state index is 0.135. The van der Waals surface area contributed by atoms with Crippen LogP contribution in [0, 0.1) is 5.41 Å². The standard InChI is InChI=1S/C24H26N2O3S/c1-4-24(3)15-17-13-9-10-14-18(17)20(19(24)22(28)29-5-2)25-23(30)26-21(27)16-11-7-6-8-12-16/h6-14H,4-5,15H2,1-3H3,(H2,25,26,27,30)/t24-/m0/s1. The number of hydrogen-bond donors (Lipinski definition) is 2. The van der Waals surface area contributed by atoms with E-state index in [0.29, 0.717) is 16.8 Å². The molecule has 1 aliphatic rings. The fraction of sp³-hybridized carbons (Fsp3) is 0.292. The van der Waals surface area contributed by atoms with Gasteiger partial charge in [-0.15, -0.1) is 0 Å². The van der Waals surface area contributed by atoms with E-state index in [1.54, 1.807) is 31.2 Å². The highest BCUT2D eigenvalue weighted by atomic mass is 32.1. The smallest absolute Gasteiger partial charge is 0.336 e. The maximum absolute atomic E-state index is 13.0. The minimum Gasteiger partial charge on any atom is -0.463 e. The van der Waals surface area contributed by atoms with Gasteiger partial charge in [0, 0.05) is 16.5 Å². The molecule has 0 unspecified atom stereocenters. The van der Waals surface area contributed by atoms with Crippen LogP contribution in [0.4, 0.5) is 0 Å². The molecule has 0 saturated carbocycles. The number of carbonyl (C=O) groups excluding carboxylic acids is 2. The van der Waals surface area contributed by atoms with Gasteiger partial charge in [0.25, 0.3) is 5.91 Å². The van der Waals surface area contributed by atoms with Gasteiger partial charge in [-0.3, -0.25) is 10.1 Å². The molecule has 3 rings (SSSR count). The van der Waals surface area contributed by atoms with E-state index in [2.05, 4.69) is 30.5 Å². The Hall–Kier alpha value is -2.99. The topological polar surface area (TPSA) is 67.4 Å². The summed E-state index contributed by atoms with van der Waals surface area (Å²) in [6.07, 6.45) is 1.48. The van der Waals surface area contributed by atoms with Crippen molar-refractivity contribution in [2.75, 3.05) is 6.61 Å². The second kappa shape index (κ2) is 9.22. The van der Waals surface area contributed by atoms with E-state index in [4.69, 9.17) is 17.0 Å². The van der Waals surface area contributed by atoms with Gasteiger partial charge in [0.2, 0.25) is 0 Å². The zero-order valence-electron chi connectivity index (χ0n) is 17.5. The Labute approximate surface area is 182 Å². The third kappa shape index (κ3) is 4.44. The van der Waals surface area contributed by atoms with Gasteiger partial charge in [-0.25, -0.2) is 4.79 Å². The summed E-state index contributed by atoms with van der Waals surface area (Å²) in [4.78, 5) is 25.5. The van der Waals surface area contributed by atoms with Crippen molar-refractivity contribution in [3.63, 3.8) is 0 Å². The summed E-state index contributed by atoms with van der Waals surface area (Å²) in [7, 11) is 0. The summed E-state index contributed by atoms with van der Waals surface area (Å²) in [6, 6.07) is 16.8. The first-order valence-electron chi connectivity index (χ1n) is 10.1. The number of amides is 1. The lowest BCUT2D eigenvalue weighted by molar-refractivity contribution is -0.139. The normalized spacial score (nSPS) is 17.7. The van der Waals surface area contributed by atoms with Crippen molar-refractivity contribution in [2.45, 2.75) is 33.6 Å². The number of ether oxygens (including phenoxy) is 1. The molecule has 0 aliphatic heterocycles. The molecule has 5 nitrogen and oxygen atoms in total. The van der Waals surface area contributed by atoms with Crippen molar-refractivity contribution in [1.29, 1.82) is 0 Å². The predicted molar refractivity (Wildman–Crippen MR) is 122 cm³/mol. The molecule has 0 bridgehead atoms. The fourth-order valence-electron chi connectivity index (χ4n) is 3.76. The average molecular weight is 423 g/mol. The van der Waals surface area contributed by atoms with Crippen molar-refractivity contribution in [2.24, 2.45) is 5.41 Å². The molecule has 0 spiro atoms. The van der Waals surface area contributed by atoms with E-state index < -0.39 is 5.41 Å². The summed E-state index contributed by atoms with van der Waals surface area (Å²) in [6.45, 7) is 6.19. The number of fused-ring (bicyclic) bond motifs is 1. The van der Waals surface area contributed by atoms with Crippen molar-refractivity contribution < 1.29 is 14.3 Å². The quantitative estimate of drug-likeness (QED) is 0.557. The molecule has 6 heteroatoms. The van der Waals surface area contributed by atoms with E-state index in [0.717, 1.165) is 24.0 Å². The van der Waals surface area contributed by atoms with Crippen molar-refractivity contribution in [3.8, 4) is 0 Å². The van der Waals surface area contributed by atoms with Crippen LogP contribution in [0.15, 0.2) is 60.2 Å². The molecule has 0 fully saturated rings. The number of thiocarbonyl (C=S) groups is 1. The van der Waals surface area contributed by atoms with E-state index in [9.17, 15) is 9.59 Å². The Morgan fingerprint density at radius 1 is 1.07 bits per heavy atom. The molecule has 0 saturated heterocycles. The SMILES string of the molecule is CCOC(=O)C1=C(NC(=S)NC(=O)c2ccccc2)c2ccccc2C[C@]1(C)CC. The second-order valence-corrected chi connectivity index (χ2v) is 7.90.